The molecule has 4 aliphatic rings. The number of hydrogen-bond acceptors (Lipinski definition) is 5. The Kier molecular flexibility index (Phi) is 5.50. The van der Waals surface area contributed by atoms with E-state index in [0.717, 1.165) is 32.7 Å². The quantitative estimate of drug-likeness (QED) is 0.260. The largest absolute Gasteiger partial charge is 0.300 e. The van der Waals surface area contributed by atoms with Crippen molar-refractivity contribution in [3.8, 4) is 0 Å². The number of likely N-dealkylation sites (tertiary alicyclic amines) is 1. The number of carbonyl (C=O) groups is 3. The average Bonchev–Trinajstić information content (AvgIpc) is 3.56. The van der Waals surface area contributed by atoms with Crippen LogP contribution in [0, 0.1) is 11.8 Å². The molecule has 1 saturated heterocycles. The van der Waals surface area contributed by atoms with Gasteiger partial charge in [0.25, 0.3) is 0 Å². The summed E-state index contributed by atoms with van der Waals surface area (Å²) < 4.78 is 0. The van der Waals surface area contributed by atoms with Gasteiger partial charge in [-0.05, 0) is 27.8 Å². The maximum atomic E-state index is 14.4. The summed E-state index contributed by atoms with van der Waals surface area (Å²) in [6.07, 6.45) is 1.72. The molecule has 0 saturated carbocycles. The van der Waals surface area contributed by atoms with Crippen LogP contribution in [0.3, 0.4) is 0 Å². The predicted octanol–water partition coefficient (Wildman–Crippen LogP) is 5.29. The highest BCUT2D eigenvalue weighted by Crippen LogP contribution is 2.69. The molecular formula is C30H21Cl2N3O3S. The number of amides is 3. The third-order valence-corrected chi connectivity index (χ3v) is 10.1. The Bertz CT molecular complexity index is 1520. The molecular weight excluding hydrogens is 553 g/mol. The molecule has 3 amide bonds. The van der Waals surface area contributed by atoms with Crippen molar-refractivity contribution in [2.45, 2.75) is 22.2 Å². The molecule has 9 heteroatoms. The molecule has 1 aromatic heterocycles. The van der Waals surface area contributed by atoms with Crippen molar-refractivity contribution in [1.29, 1.82) is 0 Å². The summed E-state index contributed by atoms with van der Waals surface area (Å²) in [4.78, 5) is 45.2. The number of hydrogen-bond donors (Lipinski definition) is 1. The van der Waals surface area contributed by atoms with Crippen molar-refractivity contribution >= 4 is 57.4 Å². The van der Waals surface area contributed by atoms with Gasteiger partial charge in [0.15, 0.2) is 5.13 Å². The molecule has 39 heavy (non-hydrogen) atoms. The molecule has 0 unspecified atom stereocenters. The van der Waals surface area contributed by atoms with E-state index in [4.69, 9.17) is 23.2 Å². The van der Waals surface area contributed by atoms with Crippen LogP contribution < -0.4 is 5.32 Å². The molecule has 3 aliphatic carbocycles. The molecule has 194 valence electrons. The second-order valence-electron chi connectivity index (χ2n) is 10.0. The molecule has 2 heterocycles. The van der Waals surface area contributed by atoms with E-state index >= 15 is 0 Å². The van der Waals surface area contributed by atoms with Crippen LogP contribution in [-0.2, 0) is 30.6 Å². The summed E-state index contributed by atoms with van der Waals surface area (Å²) in [5.74, 6) is -3.43. The number of nitrogens with one attached hydrogen (secondary N) is 1. The number of imide groups is 1. The van der Waals surface area contributed by atoms with Gasteiger partial charge in [-0.1, -0.05) is 78.9 Å². The third-order valence-electron chi connectivity index (χ3n) is 8.17. The van der Waals surface area contributed by atoms with E-state index in [2.05, 4.69) is 10.3 Å². The summed E-state index contributed by atoms with van der Waals surface area (Å²) in [5.41, 5.74) is 3.68. The lowest BCUT2D eigenvalue weighted by Gasteiger charge is -2.54. The number of halogens is 2. The lowest BCUT2D eigenvalue weighted by atomic mass is 9.54. The smallest absolute Gasteiger partial charge is 0.249 e. The van der Waals surface area contributed by atoms with Crippen molar-refractivity contribution in [2.24, 2.45) is 11.8 Å². The predicted molar refractivity (Wildman–Crippen MR) is 150 cm³/mol. The number of rotatable bonds is 5. The molecule has 1 N–H and O–H groups in total. The summed E-state index contributed by atoms with van der Waals surface area (Å²) >= 11 is 16.3. The molecule has 0 spiro atoms. The fourth-order valence-electron chi connectivity index (χ4n) is 6.61. The molecule has 2 bridgehead atoms. The standard InChI is InChI=1S/C30H21Cl2N3O3S/c31-29-18-10-4-5-11-19(18)30(32,21-13-7-6-12-20(21)29)24-23(29)26(37)35(27(24)38)22(16-17-8-2-1-3-9-17)25(36)34-28-33-14-15-39-28/h1-15,22-24H,16H2,(H,33,34,36)/t22-,23+,24+,29?,30?/m0/s1. The SMILES string of the molecule is O=C(Nc1nccs1)[C@H](Cc1ccccc1)N1C(=O)[C@H]2[C@H](C1=O)C1(Cl)c3ccccc3C2(Cl)c2ccccc21. The second-order valence-corrected chi connectivity index (χ2v) is 12.1. The van der Waals surface area contributed by atoms with Crippen LogP contribution in [-0.4, -0.2) is 33.6 Å². The van der Waals surface area contributed by atoms with E-state index in [9.17, 15) is 14.4 Å². The normalized spacial score (nSPS) is 27.1. The Balaban J connectivity index is 1.38. The molecule has 3 aromatic carbocycles. The number of benzene rings is 3. The maximum Gasteiger partial charge on any atom is 0.249 e. The Morgan fingerprint density at radius 3 is 1.79 bits per heavy atom. The first-order valence-corrected chi connectivity index (χ1v) is 14.2. The van der Waals surface area contributed by atoms with Crippen LogP contribution in [0.5, 0.6) is 0 Å². The zero-order chi connectivity index (χ0) is 26.9. The minimum absolute atomic E-state index is 0.138. The Morgan fingerprint density at radius 2 is 1.33 bits per heavy atom. The summed E-state index contributed by atoms with van der Waals surface area (Å²) in [6.45, 7) is 0. The highest BCUT2D eigenvalue weighted by Gasteiger charge is 2.73. The summed E-state index contributed by atoms with van der Waals surface area (Å²) in [6, 6.07) is 23.1. The van der Waals surface area contributed by atoms with Gasteiger partial charge >= 0.3 is 0 Å². The minimum atomic E-state index is -1.31. The number of alkyl halides is 2. The van der Waals surface area contributed by atoms with Gasteiger partial charge in [-0.15, -0.1) is 34.5 Å². The average molecular weight is 574 g/mol. The van der Waals surface area contributed by atoms with Gasteiger partial charge in [0, 0.05) is 18.0 Å². The van der Waals surface area contributed by atoms with Gasteiger partial charge in [0.1, 0.15) is 15.8 Å². The van der Waals surface area contributed by atoms with Gasteiger partial charge in [-0.25, -0.2) is 4.98 Å². The fraction of sp³-hybridized carbons (Fsp3) is 0.200. The summed E-state index contributed by atoms with van der Waals surface area (Å²) in [7, 11) is 0. The Hall–Kier alpha value is -3.52. The van der Waals surface area contributed by atoms with Crippen LogP contribution in [0.15, 0.2) is 90.4 Å². The van der Waals surface area contributed by atoms with Gasteiger partial charge < -0.3 is 5.32 Å². The van der Waals surface area contributed by atoms with Crippen molar-refractivity contribution in [3.63, 3.8) is 0 Å². The number of aromatic nitrogens is 1. The zero-order valence-corrected chi connectivity index (χ0v) is 22.7. The monoisotopic (exact) mass is 573 g/mol. The van der Waals surface area contributed by atoms with E-state index in [1.54, 1.807) is 11.6 Å². The number of thiazole rings is 1. The van der Waals surface area contributed by atoms with E-state index in [0.29, 0.717) is 5.13 Å². The van der Waals surface area contributed by atoms with Crippen LogP contribution in [0.4, 0.5) is 5.13 Å². The number of anilines is 1. The van der Waals surface area contributed by atoms with E-state index in [1.165, 1.54) is 11.3 Å². The molecule has 1 fully saturated rings. The first-order valence-electron chi connectivity index (χ1n) is 12.6. The number of carbonyl (C=O) groups excluding carboxylic acids is 3. The highest BCUT2D eigenvalue weighted by molar-refractivity contribution is 7.13. The fourth-order valence-corrected chi connectivity index (χ4v) is 8.24. The lowest BCUT2D eigenvalue weighted by molar-refractivity contribution is -0.146. The van der Waals surface area contributed by atoms with Crippen molar-refractivity contribution in [3.05, 3.63) is 118 Å². The Labute approximate surface area is 238 Å². The molecule has 3 atom stereocenters. The van der Waals surface area contributed by atoms with Crippen molar-refractivity contribution in [1.82, 2.24) is 9.88 Å². The topological polar surface area (TPSA) is 79.4 Å². The molecule has 0 radical (unpaired) electrons. The summed E-state index contributed by atoms with van der Waals surface area (Å²) in [5, 5.41) is 4.91. The molecule has 8 rings (SSSR count). The first kappa shape index (κ1) is 24.5. The third kappa shape index (κ3) is 3.27. The zero-order valence-electron chi connectivity index (χ0n) is 20.4. The lowest BCUT2D eigenvalue weighted by Crippen LogP contribution is -2.57. The first-order chi connectivity index (χ1) is 18.9. The second kappa shape index (κ2) is 8.74. The maximum absolute atomic E-state index is 14.4. The van der Waals surface area contributed by atoms with Crippen LogP contribution in [0.1, 0.15) is 27.8 Å². The molecule has 6 nitrogen and oxygen atoms in total. The van der Waals surface area contributed by atoms with Crippen LogP contribution >= 0.6 is 34.5 Å². The molecule has 1 aliphatic heterocycles. The van der Waals surface area contributed by atoms with Gasteiger partial charge in [-0.2, -0.15) is 0 Å². The highest BCUT2D eigenvalue weighted by atomic mass is 35.5. The van der Waals surface area contributed by atoms with Gasteiger partial charge in [0.2, 0.25) is 17.7 Å². The van der Waals surface area contributed by atoms with E-state index < -0.39 is 45.3 Å². The Morgan fingerprint density at radius 1 is 0.846 bits per heavy atom. The van der Waals surface area contributed by atoms with Gasteiger partial charge in [0.05, 0.1) is 11.8 Å². The molecule has 4 aromatic rings. The van der Waals surface area contributed by atoms with E-state index in [-0.39, 0.29) is 6.42 Å². The van der Waals surface area contributed by atoms with Gasteiger partial charge in [-0.3, -0.25) is 19.3 Å². The van der Waals surface area contributed by atoms with Crippen LogP contribution in [0.2, 0.25) is 0 Å². The number of nitrogens with zero attached hydrogens (tertiary/aromatic N) is 2. The van der Waals surface area contributed by atoms with Crippen molar-refractivity contribution < 1.29 is 14.4 Å². The van der Waals surface area contributed by atoms with Crippen molar-refractivity contribution in [2.75, 3.05) is 5.32 Å². The van der Waals surface area contributed by atoms with Crippen LogP contribution in [0.25, 0.3) is 0 Å². The minimum Gasteiger partial charge on any atom is -0.300 e. The van der Waals surface area contributed by atoms with E-state index in [1.807, 2.05) is 78.9 Å².